The number of rotatable bonds is 5. The normalized spacial score (nSPS) is 18.9. The minimum Gasteiger partial charge on any atom is -0.377 e. The van der Waals surface area contributed by atoms with Gasteiger partial charge in [0.05, 0.1) is 6.10 Å². The van der Waals surface area contributed by atoms with E-state index in [0.717, 1.165) is 25.9 Å². The maximum absolute atomic E-state index is 12.4. The molecule has 1 N–H and O–H groups in total. The van der Waals surface area contributed by atoms with Crippen LogP contribution in [0.2, 0.25) is 0 Å². The first-order valence-electron chi connectivity index (χ1n) is 7.23. The lowest BCUT2D eigenvalue weighted by Crippen LogP contribution is -2.43. The fraction of sp³-hybridized carbons (Fsp3) is 0.643. The zero-order chi connectivity index (χ0) is 14.4. The maximum Gasteiger partial charge on any atom is 0.274 e. The van der Waals surface area contributed by atoms with Crippen LogP contribution < -0.4 is 5.32 Å². The molecule has 1 aliphatic rings. The van der Waals surface area contributed by atoms with Gasteiger partial charge in [0.2, 0.25) is 0 Å². The van der Waals surface area contributed by atoms with E-state index in [9.17, 15) is 4.79 Å². The van der Waals surface area contributed by atoms with Gasteiger partial charge in [-0.3, -0.25) is 4.79 Å². The molecule has 2 heterocycles. The molecule has 1 unspecified atom stereocenters. The Balaban J connectivity index is 1.99. The summed E-state index contributed by atoms with van der Waals surface area (Å²) in [6, 6.07) is 3.51. The lowest BCUT2D eigenvalue weighted by Gasteiger charge is -2.32. The van der Waals surface area contributed by atoms with Gasteiger partial charge in [-0.15, -0.1) is 10.2 Å². The first-order chi connectivity index (χ1) is 9.74. The van der Waals surface area contributed by atoms with E-state index in [1.165, 1.54) is 0 Å². The van der Waals surface area contributed by atoms with E-state index in [1.54, 1.807) is 17.0 Å². The van der Waals surface area contributed by atoms with E-state index in [0.29, 0.717) is 24.7 Å². The third-order valence-corrected chi connectivity index (χ3v) is 3.31. The maximum atomic E-state index is 12.4. The van der Waals surface area contributed by atoms with E-state index in [1.807, 2.05) is 13.8 Å². The second-order valence-electron chi connectivity index (χ2n) is 4.80. The second kappa shape index (κ2) is 7.19. The molecule has 0 saturated carbocycles. The van der Waals surface area contributed by atoms with Crippen LogP contribution in [-0.2, 0) is 4.74 Å². The lowest BCUT2D eigenvalue weighted by molar-refractivity contribution is 0.00699. The Hall–Kier alpha value is -1.69. The molecule has 0 radical (unpaired) electrons. The number of piperidine rings is 1. The fourth-order valence-electron chi connectivity index (χ4n) is 2.38. The van der Waals surface area contributed by atoms with Crippen LogP contribution >= 0.6 is 0 Å². The van der Waals surface area contributed by atoms with E-state index < -0.39 is 0 Å². The molecule has 0 aliphatic carbocycles. The zero-order valence-electron chi connectivity index (χ0n) is 12.1. The summed E-state index contributed by atoms with van der Waals surface area (Å²) in [4.78, 5) is 14.2. The number of anilines is 1. The molecule has 0 aromatic carbocycles. The van der Waals surface area contributed by atoms with Crippen LogP contribution in [0.1, 0.15) is 37.2 Å². The highest BCUT2D eigenvalue weighted by molar-refractivity contribution is 5.92. The van der Waals surface area contributed by atoms with Crippen molar-refractivity contribution in [1.82, 2.24) is 15.1 Å². The monoisotopic (exact) mass is 278 g/mol. The third-order valence-electron chi connectivity index (χ3n) is 3.31. The number of likely N-dealkylation sites (tertiary alicyclic amines) is 1. The fourth-order valence-corrected chi connectivity index (χ4v) is 2.38. The van der Waals surface area contributed by atoms with Gasteiger partial charge in [0.25, 0.3) is 5.91 Å². The SMILES string of the molecule is CCNc1ccc(C(=O)N2CCCC(OCC)C2)nn1. The molecule has 20 heavy (non-hydrogen) atoms. The first kappa shape index (κ1) is 14.7. The van der Waals surface area contributed by atoms with Crippen LogP contribution in [0.5, 0.6) is 0 Å². The summed E-state index contributed by atoms with van der Waals surface area (Å²) in [6.45, 7) is 6.84. The Kier molecular flexibility index (Phi) is 5.29. The number of nitrogens with one attached hydrogen (secondary N) is 1. The molecular weight excluding hydrogens is 256 g/mol. The van der Waals surface area contributed by atoms with Crippen molar-refractivity contribution >= 4 is 11.7 Å². The standard InChI is InChI=1S/C14H22N4O2/c1-3-15-13-8-7-12(16-17-13)14(19)18-9-5-6-11(10-18)20-4-2/h7-8,11H,3-6,9-10H2,1-2H3,(H,15,17). The summed E-state index contributed by atoms with van der Waals surface area (Å²) in [5, 5.41) is 11.1. The summed E-state index contributed by atoms with van der Waals surface area (Å²) >= 11 is 0. The minimum absolute atomic E-state index is 0.0649. The van der Waals surface area contributed by atoms with E-state index in [2.05, 4.69) is 15.5 Å². The molecule has 0 spiro atoms. The Morgan fingerprint density at radius 1 is 1.45 bits per heavy atom. The topological polar surface area (TPSA) is 67.4 Å². The number of carbonyl (C=O) groups excluding carboxylic acids is 1. The van der Waals surface area contributed by atoms with Gasteiger partial charge >= 0.3 is 0 Å². The molecule has 1 atom stereocenters. The molecule has 6 heteroatoms. The van der Waals surface area contributed by atoms with Gasteiger partial charge in [0.15, 0.2) is 5.69 Å². The molecule has 1 saturated heterocycles. The molecule has 1 amide bonds. The molecule has 110 valence electrons. The average Bonchev–Trinajstić information content (AvgIpc) is 2.48. The highest BCUT2D eigenvalue weighted by Gasteiger charge is 2.25. The van der Waals surface area contributed by atoms with Gasteiger partial charge in [0, 0.05) is 26.2 Å². The minimum atomic E-state index is -0.0649. The number of ether oxygens (including phenoxy) is 1. The van der Waals surface area contributed by atoms with E-state index in [-0.39, 0.29) is 12.0 Å². The predicted molar refractivity (Wildman–Crippen MR) is 76.7 cm³/mol. The van der Waals surface area contributed by atoms with Gasteiger partial charge in [0.1, 0.15) is 5.82 Å². The van der Waals surface area contributed by atoms with Crippen LogP contribution in [0.4, 0.5) is 5.82 Å². The average molecular weight is 278 g/mol. The summed E-state index contributed by atoms with van der Waals surface area (Å²) in [6.07, 6.45) is 2.13. The zero-order valence-corrected chi connectivity index (χ0v) is 12.1. The first-order valence-corrected chi connectivity index (χ1v) is 7.23. The Morgan fingerprint density at radius 3 is 2.95 bits per heavy atom. The Morgan fingerprint density at radius 2 is 2.30 bits per heavy atom. The van der Waals surface area contributed by atoms with Crippen molar-refractivity contribution in [1.29, 1.82) is 0 Å². The largest absolute Gasteiger partial charge is 0.377 e. The van der Waals surface area contributed by atoms with E-state index in [4.69, 9.17) is 4.74 Å². The molecule has 6 nitrogen and oxygen atoms in total. The van der Waals surface area contributed by atoms with Crippen molar-refractivity contribution < 1.29 is 9.53 Å². The number of hydrogen-bond donors (Lipinski definition) is 1. The molecule has 0 bridgehead atoms. The highest BCUT2D eigenvalue weighted by atomic mass is 16.5. The van der Waals surface area contributed by atoms with Gasteiger partial charge in [-0.25, -0.2) is 0 Å². The number of carbonyl (C=O) groups is 1. The van der Waals surface area contributed by atoms with Crippen LogP contribution in [0.25, 0.3) is 0 Å². The Labute approximate surface area is 119 Å². The van der Waals surface area contributed by atoms with Crippen LogP contribution in [-0.4, -0.2) is 53.3 Å². The summed E-state index contributed by atoms with van der Waals surface area (Å²) in [7, 11) is 0. The molecule has 1 aromatic rings. The molecule has 1 aromatic heterocycles. The second-order valence-corrected chi connectivity index (χ2v) is 4.80. The molecular formula is C14H22N4O2. The quantitative estimate of drug-likeness (QED) is 0.885. The number of hydrogen-bond acceptors (Lipinski definition) is 5. The number of aromatic nitrogens is 2. The van der Waals surface area contributed by atoms with Crippen LogP contribution in [0, 0.1) is 0 Å². The number of nitrogens with zero attached hydrogens (tertiary/aromatic N) is 3. The van der Waals surface area contributed by atoms with Crippen molar-refractivity contribution in [3.8, 4) is 0 Å². The summed E-state index contributed by atoms with van der Waals surface area (Å²) in [5.74, 6) is 0.625. The van der Waals surface area contributed by atoms with Crippen molar-refractivity contribution in [3.05, 3.63) is 17.8 Å². The summed E-state index contributed by atoms with van der Waals surface area (Å²) in [5.41, 5.74) is 0.392. The van der Waals surface area contributed by atoms with E-state index >= 15 is 0 Å². The predicted octanol–water partition coefficient (Wildman–Crippen LogP) is 1.55. The molecule has 2 rings (SSSR count). The van der Waals surface area contributed by atoms with Crippen molar-refractivity contribution in [2.24, 2.45) is 0 Å². The third kappa shape index (κ3) is 3.66. The van der Waals surface area contributed by atoms with Crippen LogP contribution in [0.3, 0.4) is 0 Å². The lowest BCUT2D eigenvalue weighted by atomic mass is 10.1. The van der Waals surface area contributed by atoms with Gasteiger partial charge in [-0.1, -0.05) is 0 Å². The van der Waals surface area contributed by atoms with Gasteiger partial charge in [-0.2, -0.15) is 0 Å². The van der Waals surface area contributed by atoms with Crippen molar-refractivity contribution in [3.63, 3.8) is 0 Å². The highest BCUT2D eigenvalue weighted by Crippen LogP contribution is 2.15. The summed E-state index contributed by atoms with van der Waals surface area (Å²) < 4.78 is 5.61. The van der Waals surface area contributed by atoms with Crippen molar-refractivity contribution in [2.75, 3.05) is 31.6 Å². The van der Waals surface area contributed by atoms with Crippen molar-refractivity contribution in [2.45, 2.75) is 32.8 Å². The van der Waals surface area contributed by atoms with Crippen LogP contribution in [0.15, 0.2) is 12.1 Å². The molecule has 1 aliphatic heterocycles. The smallest absolute Gasteiger partial charge is 0.274 e. The number of amides is 1. The van der Waals surface area contributed by atoms with Gasteiger partial charge < -0.3 is 15.0 Å². The van der Waals surface area contributed by atoms with Gasteiger partial charge in [-0.05, 0) is 38.8 Å². The Bertz CT molecular complexity index is 433. The molecule has 1 fully saturated rings.